The molecule has 1 spiro atoms. The first-order chi connectivity index (χ1) is 19.7. The van der Waals surface area contributed by atoms with Gasteiger partial charge in [0.1, 0.15) is 22.4 Å². The van der Waals surface area contributed by atoms with Gasteiger partial charge in [-0.15, -0.1) is 11.3 Å². The van der Waals surface area contributed by atoms with Crippen LogP contribution in [0.4, 0.5) is 19.7 Å². The fourth-order valence-corrected chi connectivity index (χ4v) is 7.73. The van der Waals surface area contributed by atoms with Gasteiger partial charge in [-0.25, -0.2) is 18.7 Å². The maximum Gasteiger partial charge on any atom is 0.225 e. The summed E-state index contributed by atoms with van der Waals surface area (Å²) in [6, 6.07) is 2.16. The van der Waals surface area contributed by atoms with Crippen molar-refractivity contribution in [2.24, 2.45) is 5.41 Å². The maximum absolute atomic E-state index is 17.0. The molecule has 0 bridgehead atoms. The molecule has 6 rings (SSSR count). The number of hydrogen-bond donors (Lipinski definition) is 1. The summed E-state index contributed by atoms with van der Waals surface area (Å²) in [5.41, 5.74) is 10.3. The Kier molecular flexibility index (Phi) is 7.09. The van der Waals surface area contributed by atoms with Crippen molar-refractivity contribution in [1.82, 2.24) is 14.9 Å². The molecule has 2 saturated heterocycles. The number of aromatic nitrogens is 2. The summed E-state index contributed by atoms with van der Waals surface area (Å²) in [7, 11) is 2.15. The van der Waals surface area contributed by atoms with E-state index in [4.69, 9.17) is 20.4 Å². The fraction of sp³-hybridized carbons (Fsp3) is 0.452. The number of halogens is 2. The lowest BCUT2D eigenvalue weighted by molar-refractivity contribution is 0.134. The number of nitrogens with two attached hydrogens (primary N) is 1. The summed E-state index contributed by atoms with van der Waals surface area (Å²) in [5, 5.41) is 10.9. The molecule has 3 aliphatic rings. The van der Waals surface area contributed by atoms with Crippen LogP contribution in [0.2, 0.25) is 0 Å². The van der Waals surface area contributed by atoms with Crippen LogP contribution in [0.25, 0.3) is 22.3 Å². The van der Waals surface area contributed by atoms with Crippen molar-refractivity contribution < 1.29 is 13.5 Å². The normalized spacial score (nSPS) is 21.7. The summed E-state index contributed by atoms with van der Waals surface area (Å²) in [4.78, 5) is 14.3. The van der Waals surface area contributed by atoms with Gasteiger partial charge in [0.2, 0.25) is 5.95 Å². The Morgan fingerprint density at radius 2 is 2.00 bits per heavy atom. The highest BCUT2D eigenvalue weighted by atomic mass is 32.1. The van der Waals surface area contributed by atoms with Crippen LogP contribution in [0.15, 0.2) is 17.8 Å². The quantitative estimate of drug-likeness (QED) is 0.375. The Hall–Kier alpha value is -3.39. The predicted octanol–water partition coefficient (Wildman–Crippen LogP) is 6.41. The SMILES string of the molecule is C/C=C(/F)c1sc(N)c(C#N)c1/C(=C(\C)CC)c1c2c(c3cnc(N4CCC5(CCN(C)C5)C4)nc3c1F)COC2. The summed E-state index contributed by atoms with van der Waals surface area (Å²) in [6.07, 6.45) is 5.82. The number of anilines is 2. The number of thiophene rings is 1. The number of nitrogens with zero attached hydrogens (tertiary/aromatic N) is 5. The smallest absolute Gasteiger partial charge is 0.225 e. The summed E-state index contributed by atoms with van der Waals surface area (Å²) in [5.74, 6) is -0.493. The zero-order valence-electron chi connectivity index (χ0n) is 23.9. The predicted molar refractivity (Wildman–Crippen MR) is 160 cm³/mol. The Labute approximate surface area is 242 Å². The van der Waals surface area contributed by atoms with Gasteiger partial charge in [-0.05, 0) is 63.4 Å². The lowest BCUT2D eigenvalue weighted by Gasteiger charge is -2.24. The minimum atomic E-state index is -0.509. The molecule has 41 heavy (non-hydrogen) atoms. The molecular formula is C31H34F2N6OS. The van der Waals surface area contributed by atoms with Crippen LogP contribution in [0.3, 0.4) is 0 Å². The van der Waals surface area contributed by atoms with E-state index in [1.165, 1.54) is 6.08 Å². The van der Waals surface area contributed by atoms with Gasteiger partial charge in [0, 0.05) is 47.8 Å². The third-order valence-electron chi connectivity index (χ3n) is 9.01. The zero-order valence-corrected chi connectivity index (χ0v) is 24.7. The molecule has 214 valence electrons. The summed E-state index contributed by atoms with van der Waals surface area (Å²) < 4.78 is 38.1. The Morgan fingerprint density at radius 3 is 2.68 bits per heavy atom. The minimum Gasteiger partial charge on any atom is -0.389 e. The van der Waals surface area contributed by atoms with E-state index in [1.807, 2.05) is 13.8 Å². The summed E-state index contributed by atoms with van der Waals surface area (Å²) in [6.45, 7) is 9.73. The molecule has 10 heteroatoms. The third-order valence-corrected chi connectivity index (χ3v) is 10.0. The average molecular weight is 577 g/mol. The molecule has 7 nitrogen and oxygen atoms in total. The number of hydrogen-bond acceptors (Lipinski definition) is 8. The van der Waals surface area contributed by atoms with Gasteiger partial charge in [0.05, 0.1) is 23.7 Å². The molecule has 1 atom stereocenters. The Bertz CT molecular complexity index is 1670. The molecule has 2 fully saturated rings. The highest BCUT2D eigenvalue weighted by Gasteiger charge is 2.43. The van der Waals surface area contributed by atoms with Crippen LogP contribution in [-0.2, 0) is 18.0 Å². The first-order valence-corrected chi connectivity index (χ1v) is 14.9. The number of benzene rings is 1. The van der Waals surface area contributed by atoms with Crippen molar-refractivity contribution in [2.45, 2.75) is 53.2 Å². The van der Waals surface area contributed by atoms with Gasteiger partial charge < -0.3 is 20.3 Å². The fourth-order valence-electron chi connectivity index (χ4n) is 6.74. The molecule has 2 aromatic heterocycles. The lowest BCUT2D eigenvalue weighted by Crippen LogP contribution is -2.30. The topological polar surface area (TPSA) is 91.3 Å². The van der Waals surface area contributed by atoms with Crippen molar-refractivity contribution in [2.75, 3.05) is 43.9 Å². The van der Waals surface area contributed by atoms with Gasteiger partial charge in [-0.2, -0.15) is 5.26 Å². The van der Waals surface area contributed by atoms with Gasteiger partial charge in [0.15, 0.2) is 5.82 Å². The second-order valence-corrected chi connectivity index (χ2v) is 12.6. The van der Waals surface area contributed by atoms with Gasteiger partial charge in [0.25, 0.3) is 0 Å². The van der Waals surface area contributed by atoms with E-state index in [0.717, 1.165) is 61.5 Å². The molecular weight excluding hydrogens is 542 g/mol. The lowest BCUT2D eigenvalue weighted by atomic mass is 9.85. The van der Waals surface area contributed by atoms with E-state index in [2.05, 4.69) is 22.9 Å². The maximum atomic E-state index is 17.0. The minimum absolute atomic E-state index is 0.157. The largest absolute Gasteiger partial charge is 0.389 e. The first-order valence-electron chi connectivity index (χ1n) is 14.1. The molecule has 3 aliphatic heterocycles. The number of nitrogen functional groups attached to an aromatic ring is 1. The van der Waals surface area contributed by atoms with Gasteiger partial charge in [-0.3, -0.25) is 0 Å². The number of rotatable bonds is 5. The molecule has 3 aromatic rings. The van der Waals surface area contributed by atoms with Crippen molar-refractivity contribution in [3.05, 3.63) is 56.4 Å². The van der Waals surface area contributed by atoms with E-state index in [0.29, 0.717) is 46.6 Å². The summed E-state index contributed by atoms with van der Waals surface area (Å²) >= 11 is 1.01. The molecule has 1 aromatic carbocycles. The van der Waals surface area contributed by atoms with Crippen LogP contribution in [0.5, 0.6) is 0 Å². The average Bonchev–Trinajstić information content (AvgIpc) is 3.77. The highest BCUT2D eigenvalue weighted by Crippen LogP contribution is 2.48. The van der Waals surface area contributed by atoms with Crippen LogP contribution < -0.4 is 10.6 Å². The third kappa shape index (κ3) is 4.42. The number of nitriles is 1. The molecule has 5 heterocycles. The number of ether oxygens (including phenoxy) is 1. The van der Waals surface area contributed by atoms with Gasteiger partial charge >= 0.3 is 0 Å². The highest BCUT2D eigenvalue weighted by molar-refractivity contribution is 7.17. The number of likely N-dealkylation sites (tertiary alicyclic amines) is 1. The van der Waals surface area contributed by atoms with E-state index in [-0.39, 0.29) is 33.0 Å². The van der Waals surface area contributed by atoms with E-state index >= 15 is 8.78 Å². The van der Waals surface area contributed by atoms with E-state index < -0.39 is 11.6 Å². The second-order valence-electron chi connectivity index (χ2n) is 11.5. The Morgan fingerprint density at radius 1 is 1.24 bits per heavy atom. The molecule has 2 N–H and O–H groups in total. The van der Waals surface area contributed by atoms with Crippen molar-refractivity contribution in [1.29, 1.82) is 5.26 Å². The van der Waals surface area contributed by atoms with Crippen LogP contribution in [0.1, 0.15) is 72.7 Å². The van der Waals surface area contributed by atoms with E-state index in [1.54, 1.807) is 13.1 Å². The molecule has 0 aliphatic carbocycles. The van der Waals surface area contributed by atoms with Crippen LogP contribution in [-0.4, -0.2) is 48.1 Å². The Balaban J connectivity index is 1.57. The number of allylic oxidation sites excluding steroid dienone is 2. The number of fused-ring (bicyclic) bond motifs is 3. The van der Waals surface area contributed by atoms with Gasteiger partial charge in [-0.1, -0.05) is 18.6 Å². The second kappa shape index (κ2) is 10.5. The zero-order chi connectivity index (χ0) is 29.1. The molecule has 0 saturated carbocycles. The molecule has 1 unspecified atom stereocenters. The monoisotopic (exact) mass is 576 g/mol. The standard InChI is InChI=1S/C31H34F2N6OS/c1-5-17(3)23(25-18(11-34)29(35)41-28(25)22(32)6-2)24-21-14-40-13-20(21)19-12-36-30(37-27(19)26(24)33)39-10-8-31(16-39)7-9-38(4)15-31/h6,12H,5,7-10,13-16,35H2,1-4H3/b22-6+,23-17+. The van der Waals surface area contributed by atoms with Crippen molar-refractivity contribution in [3.8, 4) is 6.07 Å². The van der Waals surface area contributed by atoms with E-state index in [9.17, 15) is 5.26 Å². The van der Waals surface area contributed by atoms with Crippen molar-refractivity contribution >= 4 is 44.6 Å². The van der Waals surface area contributed by atoms with Crippen LogP contribution in [0, 0.1) is 22.6 Å². The first kappa shape index (κ1) is 27.8. The molecule has 0 radical (unpaired) electrons. The van der Waals surface area contributed by atoms with Crippen molar-refractivity contribution in [3.63, 3.8) is 0 Å². The molecule has 0 amide bonds. The van der Waals surface area contributed by atoms with Crippen LogP contribution >= 0.6 is 11.3 Å².